The zero-order valence-corrected chi connectivity index (χ0v) is 4.61. The molecule has 38 valence electrons. The Morgan fingerprint density at radius 1 is 2.00 bits per heavy atom. The second-order valence-corrected chi connectivity index (χ2v) is 1.55. The number of hydrogen-bond donors (Lipinski definition) is 0. The molecule has 0 radical (unpaired) electrons. The summed E-state index contributed by atoms with van der Waals surface area (Å²) in [4.78, 5) is 3.69. The van der Waals surface area contributed by atoms with Crippen molar-refractivity contribution in [3.05, 3.63) is 17.7 Å². The molecule has 1 aromatic heterocycles. The summed E-state index contributed by atoms with van der Waals surface area (Å²) in [6.45, 7) is 0. The quantitative estimate of drug-likeness (QED) is 0.459. The van der Waals surface area contributed by atoms with E-state index in [9.17, 15) is 0 Å². The monoisotopic (exact) mass is 115 g/mol. The van der Waals surface area contributed by atoms with Crippen LogP contribution in [0.3, 0.4) is 0 Å². The number of rotatable bonds is 0. The first kappa shape index (κ1) is 4.65. The zero-order chi connectivity index (χ0) is 5.28. The largest absolute Gasteiger partial charge is 0.488 e. The third kappa shape index (κ3) is 0.747. The highest BCUT2D eigenvalue weighted by Crippen LogP contribution is 1.98. The molecular weight excluding hydrogens is 112 g/mol. The highest BCUT2D eigenvalue weighted by Gasteiger charge is 1.72. The minimum atomic E-state index is 0.472. The summed E-state index contributed by atoms with van der Waals surface area (Å²) >= 11 is 5.44. The Hall–Kier alpha value is -0.500. The molecule has 0 bridgehead atoms. The van der Waals surface area contributed by atoms with Crippen LogP contribution in [0.2, 0.25) is 5.28 Å². The SMILES string of the molecule is Cn1[c-]cnc1Cl. The molecule has 0 aliphatic carbocycles. The van der Waals surface area contributed by atoms with E-state index in [4.69, 9.17) is 11.6 Å². The summed E-state index contributed by atoms with van der Waals surface area (Å²) in [5.41, 5.74) is 0. The minimum Gasteiger partial charge on any atom is -0.488 e. The molecule has 0 N–H and O–H groups in total. The van der Waals surface area contributed by atoms with E-state index < -0.39 is 0 Å². The summed E-state index contributed by atoms with van der Waals surface area (Å²) in [5, 5.41) is 0.472. The van der Waals surface area contributed by atoms with Crippen molar-refractivity contribution in [3.8, 4) is 0 Å². The highest BCUT2D eigenvalue weighted by atomic mass is 35.5. The number of imidazole rings is 1. The van der Waals surface area contributed by atoms with Crippen molar-refractivity contribution in [2.24, 2.45) is 7.05 Å². The summed E-state index contributed by atoms with van der Waals surface area (Å²) in [6, 6.07) is 0. The van der Waals surface area contributed by atoms with Crippen LogP contribution in [-0.4, -0.2) is 9.55 Å². The lowest BCUT2D eigenvalue weighted by molar-refractivity contribution is 0.907. The van der Waals surface area contributed by atoms with E-state index in [-0.39, 0.29) is 0 Å². The molecule has 0 fully saturated rings. The van der Waals surface area contributed by atoms with Crippen molar-refractivity contribution < 1.29 is 0 Å². The van der Waals surface area contributed by atoms with Gasteiger partial charge in [0, 0.05) is 5.28 Å². The number of hydrogen-bond acceptors (Lipinski definition) is 1. The molecule has 0 saturated heterocycles. The standard InChI is InChI=1S/C4H4ClN2/c1-7-3-2-6-4(7)5/h2H,1H3/q-1. The molecule has 0 aromatic carbocycles. The maximum Gasteiger partial charge on any atom is 0.0431 e. The van der Waals surface area contributed by atoms with Gasteiger partial charge in [-0.25, -0.2) is 0 Å². The maximum absolute atomic E-state index is 5.44. The summed E-state index contributed by atoms with van der Waals surface area (Å²) < 4.78 is 1.61. The lowest BCUT2D eigenvalue weighted by Gasteiger charge is -1.98. The molecule has 0 spiro atoms. The van der Waals surface area contributed by atoms with Gasteiger partial charge in [-0.15, -0.1) is 0 Å². The number of halogens is 1. The van der Waals surface area contributed by atoms with Crippen molar-refractivity contribution in [2.75, 3.05) is 0 Å². The predicted octanol–water partition coefficient (Wildman–Crippen LogP) is 0.874. The molecule has 1 rings (SSSR count). The molecule has 3 heteroatoms. The predicted molar refractivity (Wildman–Crippen MR) is 27.1 cm³/mol. The van der Waals surface area contributed by atoms with Gasteiger partial charge >= 0.3 is 0 Å². The summed E-state index contributed by atoms with van der Waals surface area (Å²) in [6.07, 6.45) is 4.27. The summed E-state index contributed by atoms with van der Waals surface area (Å²) in [5.74, 6) is 0. The number of aryl methyl sites for hydroxylation is 1. The number of aromatic nitrogens is 2. The Kier molecular flexibility index (Phi) is 1.02. The Morgan fingerprint density at radius 3 is 2.86 bits per heavy atom. The minimum absolute atomic E-state index is 0.472. The van der Waals surface area contributed by atoms with Crippen LogP contribution in [0.15, 0.2) is 6.20 Å². The topological polar surface area (TPSA) is 17.8 Å². The fourth-order valence-electron chi connectivity index (χ4n) is 0.309. The highest BCUT2D eigenvalue weighted by molar-refractivity contribution is 6.28. The van der Waals surface area contributed by atoms with Gasteiger partial charge in [0.1, 0.15) is 0 Å². The Labute approximate surface area is 46.7 Å². The number of nitrogens with zero attached hydrogens (tertiary/aromatic N) is 2. The second kappa shape index (κ2) is 1.54. The first-order valence-electron chi connectivity index (χ1n) is 1.85. The van der Waals surface area contributed by atoms with Crippen molar-refractivity contribution in [1.82, 2.24) is 9.55 Å². The zero-order valence-electron chi connectivity index (χ0n) is 3.85. The van der Waals surface area contributed by atoms with Crippen molar-refractivity contribution >= 4 is 11.6 Å². The van der Waals surface area contributed by atoms with Gasteiger partial charge in [0.2, 0.25) is 0 Å². The van der Waals surface area contributed by atoms with Gasteiger partial charge in [-0.1, -0.05) is 6.20 Å². The first-order chi connectivity index (χ1) is 3.30. The molecular formula is C4H4ClN2-. The van der Waals surface area contributed by atoms with E-state index in [1.807, 2.05) is 0 Å². The molecule has 0 amide bonds. The Balaban J connectivity index is 3.12. The molecule has 0 saturated carbocycles. The van der Waals surface area contributed by atoms with Crippen LogP contribution in [0.5, 0.6) is 0 Å². The molecule has 0 aliphatic heterocycles. The van der Waals surface area contributed by atoms with Crippen LogP contribution in [-0.2, 0) is 7.05 Å². The van der Waals surface area contributed by atoms with Crippen LogP contribution < -0.4 is 0 Å². The fraction of sp³-hybridized carbons (Fsp3) is 0.250. The average molecular weight is 116 g/mol. The smallest absolute Gasteiger partial charge is 0.0431 e. The lowest BCUT2D eigenvalue weighted by Crippen LogP contribution is -1.82. The Bertz CT molecular complexity index is 142. The van der Waals surface area contributed by atoms with Gasteiger partial charge in [-0.3, -0.25) is 0 Å². The van der Waals surface area contributed by atoms with Crippen LogP contribution in [0.4, 0.5) is 0 Å². The van der Waals surface area contributed by atoms with E-state index in [1.165, 1.54) is 6.20 Å². The van der Waals surface area contributed by atoms with E-state index in [0.29, 0.717) is 5.28 Å². The van der Waals surface area contributed by atoms with Gasteiger partial charge in [-0.2, -0.15) is 17.8 Å². The van der Waals surface area contributed by atoms with Crippen molar-refractivity contribution in [2.45, 2.75) is 0 Å². The van der Waals surface area contributed by atoms with Crippen LogP contribution in [0.1, 0.15) is 0 Å². The molecule has 2 nitrogen and oxygen atoms in total. The maximum atomic E-state index is 5.44. The third-order valence-corrected chi connectivity index (χ3v) is 1.05. The van der Waals surface area contributed by atoms with Gasteiger partial charge in [0.15, 0.2) is 0 Å². The van der Waals surface area contributed by atoms with Crippen molar-refractivity contribution in [3.63, 3.8) is 0 Å². The van der Waals surface area contributed by atoms with E-state index in [2.05, 4.69) is 11.2 Å². The normalized spacial score (nSPS) is 9.43. The molecule has 0 atom stereocenters. The lowest BCUT2D eigenvalue weighted by atomic mass is 10.9. The van der Waals surface area contributed by atoms with Crippen LogP contribution in [0, 0.1) is 6.20 Å². The molecule has 1 heterocycles. The van der Waals surface area contributed by atoms with Crippen molar-refractivity contribution in [1.29, 1.82) is 0 Å². The second-order valence-electron chi connectivity index (χ2n) is 1.22. The van der Waals surface area contributed by atoms with E-state index in [0.717, 1.165) is 0 Å². The van der Waals surface area contributed by atoms with Gasteiger partial charge < -0.3 is 9.55 Å². The third-order valence-electron chi connectivity index (χ3n) is 0.699. The first-order valence-corrected chi connectivity index (χ1v) is 2.23. The van der Waals surface area contributed by atoms with Gasteiger partial charge in [0.05, 0.1) is 0 Å². The fourth-order valence-corrected chi connectivity index (χ4v) is 0.406. The van der Waals surface area contributed by atoms with Crippen LogP contribution >= 0.6 is 11.6 Å². The summed E-state index contributed by atoms with van der Waals surface area (Å²) in [7, 11) is 1.79. The average Bonchev–Trinajstić information content (AvgIpc) is 1.91. The van der Waals surface area contributed by atoms with Gasteiger partial charge in [-0.05, 0) is 7.05 Å². The molecule has 7 heavy (non-hydrogen) atoms. The van der Waals surface area contributed by atoms with E-state index in [1.54, 1.807) is 11.6 Å². The van der Waals surface area contributed by atoms with E-state index >= 15 is 0 Å². The van der Waals surface area contributed by atoms with Crippen LogP contribution in [0.25, 0.3) is 0 Å². The van der Waals surface area contributed by atoms with Gasteiger partial charge in [0.25, 0.3) is 0 Å². The molecule has 0 aliphatic rings. The molecule has 0 unspecified atom stereocenters. The molecule has 1 aromatic rings. The Morgan fingerprint density at radius 2 is 2.71 bits per heavy atom.